The highest BCUT2D eigenvalue weighted by Gasteiger charge is 2.15. The number of hydroxylamine groups is 1. The minimum Gasteiger partial charge on any atom is -1.00 e. The molecule has 0 radical (unpaired) electrons. The first-order valence-electron chi connectivity index (χ1n) is 4.02. The molecule has 0 aromatic heterocycles. The van der Waals surface area contributed by atoms with Crippen LogP contribution in [0.25, 0.3) is 0 Å². The molecule has 80 valence electrons. The lowest BCUT2D eigenvalue weighted by Crippen LogP contribution is -3.00. The van der Waals surface area contributed by atoms with E-state index < -0.39 is 0 Å². The quantitative estimate of drug-likeness (QED) is 0.304. The Hall–Kier alpha value is -0.320. The predicted octanol–water partition coefficient (Wildman–Crippen LogP) is -3.15. The second kappa shape index (κ2) is 7.12. The number of quaternary nitrogens is 1. The molecule has 0 heterocycles. The Morgan fingerprint density at radius 2 is 1.92 bits per heavy atom. The summed E-state index contributed by atoms with van der Waals surface area (Å²) in [6, 6.07) is 0. The smallest absolute Gasteiger partial charge is 0.312 e. The molecule has 0 unspecified atom stereocenters. The third-order valence-corrected chi connectivity index (χ3v) is 1.05. The van der Waals surface area contributed by atoms with Gasteiger partial charge in [-0.3, -0.25) is 4.79 Å². The largest absolute Gasteiger partial charge is 1.00 e. The molecule has 0 aromatic carbocycles. The standard InChI is InChI=1S/C8H17NO3.ClH/c1-8(2,3)12-7(10)5-6-9-11-4;/h9H,5-6H2,1-4H3;1H. The Morgan fingerprint density at radius 3 is 2.31 bits per heavy atom. The number of ether oxygens (including phenoxy) is 1. The molecule has 5 heteroatoms. The zero-order valence-corrected chi connectivity index (χ0v) is 9.35. The molecule has 0 aliphatic heterocycles. The maximum atomic E-state index is 11.0. The fourth-order valence-electron chi connectivity index (χ4n) is 0.687. The molecule has 0 saturated heterocycles. The lowest BCUT2D eigenvalue weighted by Gasteiger charge is -2.18. The summed E-state index contributed by atoms with van der Waals surface area (Å²) in [5.74, 6) is -0.184. The molecule has 4 nitrogen and oxygen atoms in total. The van der Waals surface area contributed by atoms with E-state index >= 15 is 0 Å². The topological polar surface area (TPSA) is 52.1 Å². The number of carbonyl (C=O) groups excluding carboxylic acids is 1. The highest BCUT2D eigenvalue weighted by molar-refractivity contribution is 5.69. The second-order valence-electron chi connectivity index (χ2n) is 3.53. The first kappa shape index (κ1) is 15.2. The van der Waals surface area contributed by atoms with E-state index in [1.165, 1.54) is 0 Å². The van der Waals surface area contributed by atoms with Crippen molar-refractivity contribution < 1.29 is 32.3 Å². The molecule has 0 aromatic rings. The maximum Gasteiger partial charge on any atom is 0.312 e. The summed E-state index contributed by atoms with van der Waals surface area (Å²) < 4.78 is 5.07. The molecule has 0 aliphatic carbocycles. The van der Waals surface area contributed by atoms with E-state index in [-0.39, 0.29) is 24.0 Å². The third kappa shape index (κ3) is 11.7. The van der Waals surface area contributed by atoms with E-state index in [2.05, 4.69) is 4.84 Å². The number of hydrogen-bond donors (Lipinski definition) is 1. The number of esters is 1. The van der Waals surface area contributed by atoms with E-state index in [4.69, 9.17) is 4.74 Å². The zero-order valence-electron chi connectivity index (χ0n) is 8.59. The van der Waals surface area contributed by atoms with Crippen LogP contribution in [0.15, 0.2) is 0 Å². The van der Waals surface area contributed by atoms with Crippen LogP contribution in [0, 0.1) is 0 Å². The van der Waals surface area contributed by atoms with Crippen LogP contribution in [-0.4, -0.2) is 25.2 Å². The zero-order chi connectivity index (χ0) is 9.61. The van der Waals surface area contributed by atoms with Crippen LogP contribution in [0.2, 0.25) is 0 Å². The van der Waals surface area contributed by atoms with Crippen molar-refractivity contribution in [2.24, 2.45) is 0 Å². The van der Waals surface area contributed by atoms with Crippen LogP contribution >= 0.6 is 0 Å². The monoisotopic (exact) mass is 211 g/mol. The highest BCUT2D eigenvalue weighted by Crippen LogP contribution is 2.07. The van der Waals surface area contributed by atoms with Gasteiger partial charge in [0.1, 0.15) is 12.1 Å². The van der Waals surface area contributed by atoms with Crippen molar-refractivity contribution in [3.63, 3.8) is 0 Å². The Balaban J connectivity index is 0. The first-order valence-corrected chi connectivity index (χ1v) is 4.02. The van der Waals surface area contributed by atoms with Gasteiger partial charge in [-0.2, -0.15) is 0 Å². The molecule has 0 aliphatic rings. The minimum atomic E-state index is -0.385. The van der Waals surface area contributed by atoms with Crippen molar-refractivity contribution in [2.75, 3.05) is 13.7 Å². The summed E-state index contributed by atoms with van der Waals surface area (Å²) in [5, 5.41) is 0. The van der Waals surface area contributed by atoms with Gasteiger partial charge in [-0.1, -0.05) is 0 Å². The third-order valence-electron chi connectivity index (χ3n) is 1.05. The molecule has 0 amide bonds. The van der Waals surface area contributed by atoms with Gasteiger partial charge < -0.3 is 17.1 Å². The fraction of sp³-hybridized carbons (Fsp3) is 0.875. The Labute approximate surface area is 85.3 Å². The summed E-state index contributed by atoms with van der Waals surface area (Å²) in [7, 11) is 1.56. The minimum absolute atomic E-state index is 0. The summed E-state index contributed by atoms with van der Waals surface area (Å²) in [5.41, 5.74) is 1.20. The van der Waals surface area contributed by atoms with Crippen LogP contribution in [-0.2, 0) is 14.4 Å². The molecule has 0 bridgehead atoms. The SMILES string of the molecule is CO[NH2+]CCC(=O)OC(C)(C)C.[Cl-]. The second-order valence-corrected chi connectivity index (χ2v) is 3.53. The van der Waals surface area contributed by atoms with Gasteiger partial charge >= 0.3 is 5.97 Å². The molecule has 0 rings (SSSR count). The average Bonchev–Trinajstić information content (AvgIpc) is 1.84. The van der Waals surface area contributed by atoms with Crippen molar-refractivity contribution in [1.82, 2.24) is 0 Å². The van der Waals surface area contributed by atoms with Crippen LogP contribution in [0.1, 0.15) is 27.2 Å². The average molecular weight is 212 g/mol. The van der Waals surface area contributed by atoms with Crippen molar-refractivity contribution in [3.05, 3.63) is 0 Å². The highest BCUT2D eigenvalue weighted by atomic mass is 35.5. The Kier molecular flexibility index (Phi) is 8.30. The number of carbonyl (C=O) groups is 1. The number of rotatable bonds is 4. The van der Waals surface area contributed by atoms with Gasteiger partial charge in [0.2, 0.25) is 0 Å². The molecular formula is C8H18ClNO3. The van der Waals surface area contributed by atoms with E-state index in [0.717, 1.165) is 0 Å². The maximum absolute atomic E-state index is 11.0. The van der Waals surface area contributed by atoms with Crippen molar-refractivity contribution in [3.8, 4) is 0 Å². The van der Waals surface area contributed by atoms with Crippen molar-refractivity contribution in [1.29, 1.82) is 0 Å². The lowest BCUT2D eigenvalue weighted by molar-refractivity contribution is -0.888. The molecule has 2 N–H and O–H groups in total. The summed E-state index contributed by atoms with van der Waals surface area (Å²) in [4.78, 5) is 15.7. The van der Waals surface area contributed by atoms with Gasteiger partial charge in [-0.15, -0.1) is 0 Å². The molecule has 0 spiro atoms. The van der Waals surface area contributed by atoms with Gasteiger partial charge in [0, 0.05) is 0 Å². The van der Waals surface area contributed by atoms with Crippen LogP contribution < -0.4 is 17.9 Å². The Morgan fingerprint density at radius 1 is 1.38 bits per heavy atom. The van der Waals surface area contributed by atoms with E-state index in [1.807, 2.05) is 20.8 Å². The van der Waals surface area contributed by atoms with Gasteiger partial charge in [-0.05, 0) is 20.8 Å². The number of hydrogen-bond acceptors (Lipinski definition) is 3. The van der Waals surface area contributed by atoms with Crippen LogP contribution in [0.3, 0.4) is 0 Å². The molecule has 13 heavy (non-hydrogen) atoms. The van der Waals surface area contributed by atoms with Crippen LogP contribution in [0.5, 0.6) is 0 Å². The van der Waals surface area contributed by atoms with Gasteiger partial charge in [0.15, 0.2) is 0 Å². The summed E-state index contributed by atoms with van der Waals surface area (Å²) in [6.07, 6.45) is 0.380. The van der Waals surface area contributed by atoms with Gasteiger partial charge in [0.05, 0.1) is 13.5 Å². The van der Waals surface area contributed by atoms with Crippen LogP contribution in [0.4, 0.5) is 0 Å². The van der Waals surface area contributed by atoms with E-state index in [9.17, 15) is 4.79 Å². The molecule has 0 atom stereocenters. The number of nitrogens with two attached hydrogens (primary N) is 1. The normalized spacial score (nSPS) is 10.5. The lowest BCUT2D eigenvalue weighted by atomic mass is 10.2. The molecular weight excluding hydrogens is 194 g/mol. The van der Waals surface area contributed by atoms with Gasteiger partial charge in [0.25, 0.3) is 0 Å². The van der Waals surface area contributed by atoms with Crippen molar-refractivity contribution >= 4 is 5.97 Å². The Bertz CT molecular complexity index is 145. The summed E-state index contributed by atoms with van der Waals surface area (Å²) in [6.45, 7) is 6.16. The molecule has 0 fully saturated rings. The van der Waals surface area contributed by atoms with Gasteiger partial charge in [-0.25, -0.2) is 10.3 Å². The summed E-state index contributed by atoms with van der Waals surface area (Å²) >= 11 is 0. The van der Waals surface area contributed by atoms with E-state index in [0.29, 0.717) is 13.0 Å². The van der Waals surface area contributed by atoms with Crippen molar-refractivity contribution in [2.45, 2.75) is 32.8 Å². The van der Waals surface area contributed by atoms with E-state index in [1.54, 1.807) is 12.6 Å². The predicted molar refractivity (Wildman–Crippen MR) is 44.3 cm³/mol. The first-order chi connectivity index (χ1) is 5.45. The molecule has 0 saturated carbocycles. The fourth-order valence-corrected chi connectivity index (χ4v) is 0.687. The number of halogens is 1.